The van der Waals surface area contributed by atoms with Gasteiger partial charge in [-0.15, -0.1) is 0 Å². The van der Waals surface area contributed by atoms with Gasteiger partial charge >= 0.3 is 5.97 Å². The number of piperidine rings is 1. The number of ether oxygens (including phenoxy) is 2. The molecule has 2 heterocycles. The molecule has 3 rings (SSSR count). The SMILES string of the molecule is C[C@H](OC(=O)[C@@H]1CCCN(C(=O)c2ccc(Cl)cc2)C1)C(=O)N1CCOCC1. The fourth-order valence-electron chi connectivity index (χ4n) is 3.49. The molecule has 1 aromatic carbocycles. The molecule has 0 N–H and O–H groups in total. The van der Waals surface area contributed by atoms with E-state index in [1.165, 1.54) is 0 Å². The Balaban J connectivity index is 1.55. The lowest BCUT2D eigenvalue weighted by molar-refractivity contribution is -0.165. The summed E-state index contributed by atoms with van der Waals surface area (Å²) in [5.41, 5.74) is 0.536. The van der Waals surface area contributed by atoms with Gasteiger partial charge in [-0.05, 0) is 44.0 Å². The first kappa shape index (κ1) is 20.6. The Kier molecular flexibility index (Phi) is 6.91. The molecular weight excluding hydrogens is 384 g/mol. The second-order valence-corrected chi connectivity index (χ2v) is 7.55. The third-order valence-corrected chi connectivity index (χ3v) is 5.35. The molecular formula is C20H25ClN2O5. The van der Waals surface area contributed by atoms with Crippen molar-refractivity contribution in [3.05, 3.63) is 34.9 Å². The standard InChI is InChI=1S/C20H25ClN2O5/c1-14(18(24)22-9-11-27-12-10-22)28-20(26)16-3-2-8-23(13-16)19(25)15-4-6-17(21)7-5-15/h4-7,14,16H,2-3,8-13H2,1H3/t14-,16+/m0/s1. The van der Waals surface area contributed by atoms with Crippen LogP contribution in [0.25, 0.3) is 0 Å². The zero-order chi connectivity index (χ0) is 20.1. The van der Waals surface area contributed by atoms with Crippen molar-refractivity contribution < 1.29 is 23.9 Å². The van der Waals surface area contributed by atoms with Crippen LogP contribution in [-0.2, 0) is 19.1 Å². The van der Waals surface area contributed by atoms with E-state index in [0.29, 0.717) is 62.8 Å². The Morgan fingerprint density at radius 2 is 1.79 bits per heavy atom. The predicted molar refractivity (Wildman–Crippen MR) is 103 cm³/mol. The van der Waals surface area contributed by atoms with Crippen molar-refractivity contribution in [3.63, 3.8) is 0 Å². The van der Waals surface area contributed by atoms with E-state index in [2.05, 4.69) is 0 Å². The van der Waals surface area contributed by atoms with Crippen molar-refractivity contribution in [2.75, 3.05) is 39.4 Å². The number of benzene rings is 1. The molecule has 0 unspecified atom stereocenters. The molecule has 8 heteroatoms. The van der Waals surface area contributed by atoms with Crippen molar-refractivity contribution in [3.8, 4) is 0 Å². The number of hydrogen-bond donors (Lipinski definition) is 0. The lowest BCUT2D eigenvalue weighted by atomic mass is 9.97. The summed E-state index contributed by atoms with van der Waals surface area (Å²) < 4.78 is 10.7. The second kappa shape index (κ2) is 9.39. The normalized spacial score (nSPS) is 21.1. The maximum absolute atomic E-state index is 12.7. The van der Waals surface area contributed by atoms with Gasteiger partial charge in [-0.1, -0.05) is 11.6 Å². The zero-order valence-electron chi connectivity index (χ0n) is 15.9. The summed E-state index contributed by atoms with van der Waals surface area (Å²) in [6.07, 6.45) is 0.514. The number of esters is 1. The van der Waals surface area contributed by atoms with Crippen LogP contribution in [0.2, 0.25) is 5.02 Å². The number of amides is 2. The molecule has 152 valence electrons. The molecule has 0 radical (unpaired) electrons. The van der Waals surface area contributed by atoms with E-state index in [4.69, 9.17) is 21.1 Å². The summed E-state index contributed by atoms with van der Waals surface area (Å²) in [7, 11) is 0. The van der Waals surface area contributed by atoms with Crippen LogP contribution in [0.5, 0.6) is 0 Å². The molecule has 2 aliphatic rings. The van der Waals surface area contributed by atoms with Crippen molar-refractivity contribution >= 4 is 29.4 Å². The lowest BCUT2D eigenvalue weighted by Crippen LogP contribution is -2.47. The maximum Gasteiger partial charge on any atom is 0.311 e. The molecule has 1 aromatic rings. The van der Waals surface area contributed by atoms with Gasteiger partial charge in [0.2, 0.25) is 0 Å². The maximum atomic E-state index is 12.7. The van der Waals surface area contributed by atoms with Gasteiger partial charge in [0.1, 0.15) is 0 Å². The smallest absolute Gasteiger partial charge is 0.311 e. The number of likely N-dealkylation sites (tertiary alicyclic amines) is 1. The first-order valence-electron chi connectivity index (χ1n) is 9.57. The highest BCUT2D eigenvalue weighted by Crippen LogP contribution is 2.21. The molecule has 28 heavy (non-hydrogen) atoms. The largest absolute Gasteiger partial charge is 0.452 e. The van der Waals surface area contributed by atoms with E-state index >= 15 is 0 Å². The van der Waals surface area contributed by atoms with Gasteiger partial charge in [0.15, 0.2) is 6.10 Å². The highest BCUT2D eigenvalue weighted by atomic mass is 35.5. The molecule has 2 fully saturated rings. The van der Waals surface area contributed by atoms with Gasteiger partial charge in [-0.25, -0.2) is 0 Å². The van der Waals surface area contributed by atoms with Crippen molar-refractivity contribution in [1.82, 2.24) is 9.80 Å². The van der Waals surface area contributed by atoms with Gasteiger partial charge in [0.05, 0.1) is 19.1 Å². The Bertz CT molecular complexity index is 718. The number of morpholine rings is 1. The van der Waals surface area contributed by atoms with Crippen LogP contribution in [0.3, 0.4) is 0 Å². The molecule has 0 spiro atoms. The molecule has 2 atom stereocenters. The summed E-state index contributed by atoms with van der Waals surface area (Å²) in [5.74, 6) is -1.19. The van der Waals surface area contributed by atoms with Gasteiger partial charge < -0.3 is 19.3 Å². The Labute approximate surface area is 169 Å². The number of hydrogen-bond acceptors (Lipinski definition) is 5. The van der Waals surface area contributed by atoms with Crippen molar-refractivity contribution in [2.24, 2.45) is 5.92 Å². The minimum Gasteiger partial charge on any atom is -0.452 e. The molecule has 0 bridgehead atoms. The van der Waals surface area contributed by atoms with E-state index in [1.54, 1.807) is 41.0 Å². The number of carbonyl (C=O) groups is 3. The quantitative estimate of drug-likeness (QED) is 0.712. The number of rotatable bonds is 4. The third kappa shape index (κ3) is 5.02. The van der Waals surface area contributed by atoms with E-state index in [-0.39, 0.29) is 11.8 Å². The summed E-state index contributed by atoms with van der Waals surface area (Å²) in [4.78, 5) is 41.0. The van der Waals surface area contributed by atoms with Crippen LogP contribution in [-0.4, -0.2) is 73.1 Å². The van der Waals surface area contributed by atoms with Crippen LogP contribution in [0, 0.1) is 5.92 Å². The van der Waals surface area contributed by atoms with Crippen LogP contribution >= 0.6 is 11.6 Å². The topological polar surface area (TPSA) is 76.2 Å². The molecule has 0 saturated carbocycles. The Hall–Kier alpha value is -2.12. The predicted octanol–water partition coefficient (Wildman–Crippen LogP) is 1.98. The van der Waals surface area contributed by atoms with Crippen LogP contribution in [0.15, 0.2) is 24.3 Å². The molecule has 7 nitrogen and oxygen atoms in total. The summed E-state index contributed by atoms with van der Waals surface area (Å²) >= 11 is 5.87. The Morgan fingerprint density at radius 3 is 2.46 bits per heavy atom. The minimum atomic E-state index is -0.840. The summed E-state index contributed by atoms with van der Waals surface area (Å²) in [5, 5.41) is 0.565. The van der Waals surface area contributed by atoms with Gasteiger partial charge in [0, 0.05) is 36.8 Å². The van der Waals surface area contributed by atoms with Gasteiger partial charge in [-0.2, -0.15) is 0 Å². The molecule has 2 saturated heterocycles. The second-order valence-electron chi connectivity index (χ2n) is 7.11. The average Bonchev–Trinajstić information content (AvgIpc) is 2.74. The molecule has 0 aliphatic carbocycles. The Morgan fingerprint density at radius 1 is 1.11 bits per heavy atom. The van der Waals surface area contributed by atoms with Gasteiger partial charge in [0.25, 0.3) is 11.8 Å². The first-order chi connectivity index (χ1) is 13.5. The molecule has 2 amide bonds. The third-order valence-electron chi connectivity index (χ3n) is 5.10. The highest BCUT2D eigenvalue weighted by Gasteiger charge is 2.33. The number of carbonyl (C=O) groups excluding carboxylic acids is 3. The van der Waals surface area contributed by atoms with E-state index in [9.17, 15) is 14.4 Å². The fraction of sp³-hybridized carbons (Fsp3) is 0.550. The van der Waals surface area contributed by atoms with Crippen LogP contribution < -0.4 is 0 Å². The van der Waals surface area contributed by atoms with E-state index < -0.39 is 18.0 Å². The summed E-state index contributed by atoms with van der Waals surface area (Å²) in [6, 6.07) is 6.69. The number of nitrogens with zero attached hydrogens (tertiary/aromatic N) is 2. The zero-order valence-corrected chi connectivity index (χ0v) is 16.7. The first-order valence-corrected chi connectivity index (χ1v) is 9.95. The fourth-order valence-corrected chi connectivity index (χ4v) is 3.62. The average molecular weight is 409 g/mol. The molecule has 2 aliphatic heterocycles. The van der Waals surface area contributed by atoms with Crippen molar-refractivity contribution in [1.29, 1.82) is 0 Å². The lowest BCUT2D eigenvalue weighted by Gasteiger charge is -2.33. The van der Waals surface area contributed by atoms with Crippen LogP contribution in [0.4, 0.5) is 0 Å². The van der Waals surface area contributed by atoms with Gasteiger partial charge in [-0.3, -0.25) is 14.4 Å². The summed E-state index contributed by atoms with van der Waals surface area (Å²) in [6.45, 7) is 4.48. The van der Waals surface area contributed by atoms with E-state index in [1.807, 2.05) is 0 Å². The number of halogens is 1. The minimum absolute atomic E-state index is 0.133. The monoisotopic (exact) mass is 408 g/mol. The van der Waals surface area contributed by atoms with Crippen LogP contribution in [0.1, 0.15) is 30.1 Å². The van der Waals surface area contributed by atoms with E-state index in [0.717, 1.165) is 0 Å². The highest BCUT2D eigenvalue weighted by molar-refractivity contribution is 6.30. The molecule has 0 aromatic heterocycles. The van der Waals surface area contributed by atoms with Crippen molar-refractivity contribution in [2.45, 2.75) is 25.9 Å².